The van der Waals surface area contributed by atoms with Crippen molar-refractivity contribution in [3.8, 4) is 12.3 Å². The lowest BCUT2D eigenvalue weighted by atomic mass is 9.81. The van der Waals surface area contributed by atoms with E-state index in [2.05, 4.69) is 21.5 Å². The minimum atomic E-state index is -0.442. The van der Waals surface area contributed by atoms with Gasteiger partial charge in [-0.15, -0.1) is 12.3 Å². The SMILES string of the molecule is C#CCCC1(CCNC(=O)c2ccc(C)c(N3C(=O)C4CCCCC4C3=O)c2)N=N1. The Balaban J connectivity index is 1.44. The van der Waals surface area contributed by atoms with Gasteiger partial charge in [0.25, 0.3) is 5.91 Å². The molecule has 1 aliphatic carbocycles. The number of imide groups is 1. The molecule has 1 saturated heterocycles. The number of hydrogen-bond acceptors (Lipinski definition) is 5. The summed E-state index contributed by atoms with van der Waals surface area (Å²) in [5.41, 5.74) is 1.30. The Morgan fingerprint density at radius 3 is 2.47 bits per heavy atom. The van der Waals surface area contributed by atoms with Crippen molar-refractivity contribution in [2.45, 2.75) is 57.5 Å². The van der Waals surface area contributed by atoms with Crippen LogP contribution in [0.4, 0.5) is 5.69 Å². The first-order chi connectivity index (χ1) is 14.5. The molecule has 156 valence electrons. The van der Waals surface area contributed by atoms with E-state index in [0.29, 0.717) is 37.1 Å². The van der Waals surface area contributed by atoms with Crippen LogP contribution in [-0.4, -0.2) is 29.9 Å². The summed E-state index contributed by atoms with van der Waals surface area (Å²) in [7, 11) is 0. The molecule has 4 rings (SSSR count). The van der Waals surface area contributed by atoms with Gasteiger partial charge >= 0.3 is 0 Å². The van der Waals surface area contributed by atoms with Crippen molar-refractivity contribution in [3.63, 3.8) is 0 Å². The van der Waals surface area contributed by atoms with Crippen LogP contribution in [0.25, 0.3) is 0 Å². The average Bonchev–Trinajstić information content (AvgIpc) is 3.48. The van der Waals surface area contributed by atoms with Crippen LogP contribution < -0.4 is 10.2 Å². The molecule has 30 heavy (non-hydrogen) atoms. The highest BCUT2D eigenvalue weighted by molar-refractivity contribution is 6.22. The molecule has 2 aliphatic heterocycles. The smallest absolute Gasteiger partial charge is 0.251 e. The van der Waals surface area contributed by atoms with Crippen LogP contribution in [0.3, 0.4) is 0 Å². The van der Waals surface area contributed by atoms with E-state index in [1.54, 1.807) is 18.2 Å². The molecule has 7 heteroatoms. The van der Waals surface area contributed by atoms with Crippen molar-refractivity contribution >= 4 is 23.4 Å². The summed E-state index contributed by atoms with van der Waals surface area (Å²) in [5.74, 6) is 1.65. The Morgan fingerprint density at radius 1 is 1.20 bits per heavy atom. The van der Waals surface area contributed by atoms with Gasteiger partial charge in [0.1, 0.15) is 0 Å². The zero-order valence-corrected chi connectivity index (χ0v) is 17.2. The summed E-state index contributed by atoms with van der Waals surface area (Å²) in [6.07, 6.45) is 10.7. The van der Waals surface area contributed by atoms with Crippen LogP contribution in [0.1, 0.15) is 60.9 Å². The minimum Gasteiger partial charge on any atom is -0.352 e. The first-order valence-electron chi connectivity index (χ1n) is 10.6. The van der Waals surface area contributed by atoms with Gasteiger partial charge in [-0.1, -0.05) is 18.9 Å². The number of benzene rings is 1. The predicted molar refractivity (Wildman–Crippen MR) is 112 cm³/mol. The number of fused-ring (bicyclic) bond motifs is 1. The van der Waals surface area contributed by atoms with Gasteiger partial charge in [0.05, 0.1) is 17.5 Å². The number of terminal acetylenes is 1. The highest BCUT2D eigenvalue weighted by Crippen LogP contribution is 2.41. The quantitative estimate of drug-likeness (QED) is 0.556. The number of hydrogen-bond donors (Lipinski definition) is 1. The Bertz CT molecular complexity index is 932. The van der Waals surface area contributed by atoms with E-state index in [0.717, 1.165) is 31.2 Å². The summed E-state index contributed by atoms with van der Waals surface area (Å²) < 4.78 is 0. The fourth-order valence-corrected chi connectivity index (χ4v) is 4.54. The largest absolute Gasteiger partial charge is 0.352 e. The van der Waals surface area contributed by atoms with Gasteiger partial charge in [-0.05, 0) is 37.5 Å². The molecule has 3 aliphatic rings. The normalized spacial score (nSPS) is 23.8. The van der Waals surface area contributed by atoms with Crippen molar-refractivity contribution in [2.75, 3.05) is 11.4 Å². The lowest BCUT2D eigenvalue weighted by Crippen LogP contribution is -2.32. The average molecular weight is 406 g/mol. The second-order valence-electron chi connectivity index (χ2n) is 8.40. The molecule has 2 atom stereocenters. The number of carbonyl (C=O) groups excluding carboxylic acids is 3. The standard InChI is InChI=1S/C23H26N4O3/c1-3-4-11-23(25-26-23)12-13-24-20(28)16-10-9-15(2)19(14-16)27-21(29)17-7-5-6-8-18(17)22(27)30/h1,9-10,14,17-18H,4-8,11-13H2,2H3,(H,24,28). The molecule has 2 unspecified atom stereocenters. The molecule has 3 amide bonds. The molecule has 0 radical (unpaired) electrons. The molecule has 1 N–H and O–H groups in total. The highest BCUT2D eigenvalue weighted by atomic mass is 16.2. The molecule has 2 heterocycles. The number of aryl methyl sites for hydroxylation is 1. The molecule has 0 spiro atoms. The van der Waals surface area contributed by atoms with Crippen molar-refractivity contribution in [1.29, 1.82) is 0 Å². The molecule has 1 aromatic rings. The fraction of sp³-hybridized carbons (Fsp3) is 0.522. The van der Waals surface area contributed by atoms with Crippen LogP contribution in [0.5, 0.6) is 0 Å². The number of amides is 3. The third-order valence-electron chi connectivity index (χ3n) is 6.42. The molecular formula is C23H26N4O3. The second-order valence-corrected chi connectivity index (χ2v) is 8.40. The Kier molecular flexibility index (Phi) is 5.42. The van der Waals surface area contributed by atoms with Crippen molar-refractivity contribution in [2.24, 2.45) is 22.1 Å². The number of nitrogens with zero attached hydrogens (tertiary/aromatic N) is 3. The van der Waals surface area contributed by atoms with E-state index < -0.39 is 5.66 Å². The molecule has 0 aromatic heterocycles. The summed E-state index contributed by atoms with van der Waals surface area (Å²) in [6.45, 7) is 2.27. The topological polar surface area (TPSA) is 91.2 Å². The fourth-order valence-electron chi connectivity index (χ4n) is 4.54. The monoisotopic (exact) mass is 406 g/mol. The first kappa shape index (κ1) is 20.3. The Hall–Kier alpha value is -3.01. The highest BCUT2D eigenvalue weighted by Gasteiger charge is 2.49. The van der Waals surface area contributed by atoms with E-state index in [-0.39, 0.29) is 29.6 Å². The van der Waals surface area contributed by atoms with E-state index in [4.69, 9.17) is 6.42 Å². The second kappa shape index (κ2) is 8.02. The van der Waals surface area contributed by atoms with Gasteiger partial charge < -0.3 is 5.32 Å². The summed E-state index contributed by atoms with van der Waals surface area (Å²) in [6, 6.07) is 5.15. The molecule has 1 aromatic carbocycles. The van der Waals surface area contributed by atoms with Crippen LogP contribution in [0, 0.1) is 31.1 Å². The summed E-state index contributed by atoms with van der Waals surface area (Å²) in [5, 5.41) is 11.0. The van der Waals surface area contributed by atoms with E-state index in [1.165, 1.54) is 4.90 Å². The number of anilines is 1. The Labute approximate surface area is 176 Å². The van der Waals surface area contributed by atoms with Gasteiger partial charge in [-0.2, -0.15) is 10.2 Å². The number of rotatable bonds is 7. The lowest BCUT2D eigenvalue weighted by molar-refractivity contribution is -0.122. The van der Waals surface area contributed by atoms with Gasteiger partial charge in [-0.25, -0.2) is 4.90 Å². The molecule has 0 bridgehead atoms. The van der Waals surface area contributed by atoms with Gasteiger partial charge in [0.15, 0.2) is 5.66 Å². The maximum atomic E-state index is 12.9. The first-order valence-corrected chi connectivity index (χ1v) is 10.6. The van der Waals surface area contributed by atoms with E-state index >= 15 is 0 Å². The third kappa shape index (κ3) is 3.74. The lowest BCUT2D eigenvalue weighted by Gasteiger charge is -2.19. The third-order valence-corrected chi connectivity index (χ3v) is 6.42. The van der Waals surface area contributed by atoms with Gasteiger partial charge in [0.2, 0.25) is 11.8 Å². The van der Waals surface area contributed by atoms with Crippen LogP contribution in [0.2, 0.25) is 0 Å². The Morgan fingerprint density at radius 2 is 1.87 bits per heavy atom. The zero-order chi connectivity index (χ0) is 21.3. The van der Waals surface area contributed by atoms with E-state index in [1.807, 2.05) is 6.92 Å². The van der Waals surface area contributed by atoms with Gasteiger partial charge in [-0.3, -0.25) is 14.4 Å². The number of nitrogens with one attached hydrogen (secondary N) is 1. The zero-order valence-electron chi connectivity index (χ0n) is 17.2. The molecule has 1 saturated carbocycles. The molecule has 7 nitrogen and oxygen atoms in total. The maximum absolute atomic E-state index is 12.9. The van der Waals surface area contributed by atoms with Gasteiger partial charge in [0, 0.05) is 31.4 Å². The minimum absolute atomic E-state index is 0.127. The van der Waals surface area contributed by atoms with Crippen molar-refractivity contribution in [3.05, 3.63) is 29.3 Å². The van der Waals surface area contributed by atoms with Crippen molar-refractivity contribution < 1.29 is 14.4 Å². The van der Waals surface area contributed by atoms with Crippen molar-refractivity contribution in [1.82, 2.24) is 5.32 Å². The van der Waals surface area contributed by atoms with Crippen LogP contribution in [-0.2, 0) is 9.59 Å². The van der Waals surface area contributed by atoms with E-state index in [9.17, 15) is 14.4 Å². The van der Waals surface area contributed by atoms with Crippen LogP contribution >= 0.6 is 0 Å². The predicted octanol–water partition coefficient (Wildman–Crippen LogP) is 3.37. The summed E-state index contributed by atoms with van der Waals surface area (Å²) >= 11 is 0. The number of carbonyl (C=O) groups is 3. The summed E-state index contributed by atoms with van der Waals surface area (Å²) in [4.78, 5) is 39.8. The molecular weight excluding hydrogens is 380 g/mol. The van der Waals surface area contributed by atoms with Crippen LogP contribution in [0.15, 0.2) is 28.4 Å². The maximum Gasteiger partial charge on any atom is 0.251 e. The molecule has 2 fully saturated rings.